The van der Waals surface area contributed by atoms with E-state index in [0.717, 1.165) is 86.0 Å². The van der Waals surface area contributed by atoms with Crippen LogP contribution in [0, 0.1) is 34.8 Å². The van der Waals surface area contributed by atoms with Crippen molar-refractivity contribution < 1.29 is 14.7 Å². The quantitative estimate of drug-likeness (QED) is 0.129. The van der Waals surface area contributed by atoms with Gasteiger partial charge in [0, 0.05) is 89.5 Å². The molecule has 0 spiro atoms. The van der Waals surface area contributed by atoms with Gasteiger partial charge in [-0.3, -0.25) is 14.6 Å². The molecule has 4 aromatic rings. The minimum absolute atomic E-state index is 0.0566. The fourth-order valence-electron chi connectivity index (χ4n) is 6.00. The van der Waals surface area contributed by atoms with Crippen LogP contribution >= 0.6 is 45.2 Å². The molecule has 0 saturated carbocycles. The molecule has 2 aliphatic rings. The van der Waals surface area contributed by atoms with E-state index in [2.05, 4.69) is 111 Å². The summed E-state index contributed by atoms with van der Waals surface area (Å²) >= 11 is 4.56. The minimum atomic E-state index is -0.857. The Morgan fingerprint density at radius 3 is 1.51 bits per heavy atom. The van der Waals surface area contributed by atoms with E-state index in [4.69, 9.17) is 10.8 Å². The van der Waals surface area contributed by atoms with E-state index in [9.17, 15) is 9.59 Å². The summed E-state index contributed by atoms with van der Waals surface area (Å²) < 4.78 is 2.38. The van der Waals surface area contributed by atoms with Crippen LogP contribution in [-0.4, -0.2) is 103 Å². The van der Waals surface area contributed by atoms with Gasteiger partial charge < -0.3 is 26.0 Å². The molecule has 0 aromatic heterocycles. The first kappa shape index (κ1) is 42.7. The van der Waals surface area contributed by atoms with E-state index in [1.54, 1.807) is 12.1 Å². The number of carbonyl (C=O) groups excluding carboxylic acids is 1. The highest BCUT2D eigenvalue weighted by molar-refractivity contribution is 14.1. The summed E-state index contributed by atoms with van der Waals surface area (Å²) in [5.74, 6) is -0.914. The summed E-state index contributed by atoms with van der Waals surface area (Å²) in [6.45, 7) is 18.9. The molecule has 2 aliphatic heterocycles. The lowest BCUT2D eigenvalue weighted by atomic mass is 10.0. The van der Waals surface area contributed by atoms with Gasteiger partial charge in [-0.05, 0) is 169 Å². The first-order valence-electron chi connectivity index (χ1n) is 18.0. The van der Waals surface area contributed by atoms with Gasteiger partial charge in [0.05, 0.1) is 5.56 Å². The SMILES string of the molecule is Cc1cc(C(=O)O)ccc1CN1CCN(C)CC1.Cc1ccc(N)cc1I.Cc1ccc(NC(=O)c2ccc(CN3CCN(C)CC3)c(C)c2)cc1I. The van der Waals surface area contributed by atoms with Crippen molar-refractivity contribution in [3.63, 3.8) is 0 Å². The van der Waals surface area contributed by atoms with Gasteiger partial charge >= 0.3 is 5.97 Å². The molecule has 4 N–H and O–H groups in total. The number of aromatic carboxylic acids is 1. The number of carboxylic acids is 1. The smallest absolute Gasteiger partial charge is 0.335 e. The standard InChI is InChI=1S/C21H26IN3O.C14H20N2O2.C7H8IN/c1-15-4-7-19(13-20(15)22)23-21(26)17-5-6-18(16(2)12-17)14-25-10-8-24(3)9-11-25;1-11-9-12(14(17)18)3-4-13(11)10-16-7-5-15(2)6-8-16;1-5-2-3-6(9)4-7(5)8/h4-7,12-13H,8-11,14H2,1-3H3,(H,23,26);3-4,9H,5-8,10H2,1-2H3,(H,17,18);2-4H,9H2,1H3. The van der Waals surface area contributed by atoms with Crippen LogP contribution in [0.4, 0.5) is 11.4 Å². The number of hydrogen-bond acceptors (Lipinski definition) is 7. The third-order valence-electron chi connectivity index (χ3n) is 9.80. The third-order valence-corrected chi connectivity index (χ3v) is 12.1. The highest BCUT2D eigenvalue weighted by Crippen LogP contribution is 2.20. The first-order chi connectivity index (χ1) is 25.2. The molecule has 0 aliphatic carbocycles. The Bertz CT molecular complexity index is 1850. The second kappa shape index (κ2) is 20.6. The van der Waals surface area contributed by atoms with Gasteiger partial charge in [-0.15, -0.1) is 0 Å². The average Bonchev–Trinajstić information content (AvgIpc) is 3.12. The molecule has 9 nitrogen and oxygen atoms in total. The average molecular weight is 945 g/mol. The largest absolute Gasteiger partial charge is 0.478 e. The van der Waals surface area contributed by atoms with Crippen LogP contribution in [0.1, 0.15) is 54.1 Å². The molecule has 11 heteroatoms. The summed E-state index contributed by atoms with van der Waals surface area (Å²) in [4.78, 5) is 33.0. The van der Waals surface area contributed by atoms with Gasteiger partial charge in [0.15, 0.2) is 0 Å². The number of hydrogen-bond donors (Lipinski definition) is 3. The highest BCUT2D eigenvalue weighted by atomic mass is 127. The number of anilines is 2. The number of nitrogens with one attached hydrogen (secondary N) is 1. The maximum atomic E-state index is 12.6. The zero-order chi connectivity index (χ0) is 38.7. The van der Waals surface area contributed by atoms with Crippen molar-refractivity contribution in [2.75, 3.05) is 77.5 Å². The third kappa shape index (κ3) is 13.6. The second-order valence-corrected chi connectivity index (χ2v) is 16.5. The minimum Gasteiger partial charge on any atom is -0.478 e. The van der Waals surface area contributed by atoms with Gasteiger partial charge in [-0.2, -0.15) is 0 Å². The topological polar surface area (TPSA) is 105 Å². The zero-order valence-electron chi connectivity index (χ0n) is 31.9. The normalized spacial score (nSPS) is 15.5. The summed E-state index contributed by atoms with van der Waals surface area (Å²) in [6.07, 6.45) is 0. The van der Waals surface area contributed by atoms with E-state index in [1.807, 2.05) is 61.5 Å². The van der Waals surface area contributed by atoms with Crippen LogP contribution in [0.5, 0.6) is 0 Å². The molecule has 2 fully saturated rings. The van der Waals surface area contributed by atoms with Crippen molar-refractivity contribution in [2.24, 2.45) is 0 Å². The number of nitrogens with two attached hydrogens (primary N) is 1. The lowest BCUT2D eigenvalue weighted by Crippen LogP contribution is -2.43. The van der Waals surface area contributed by atoms with Crippen LogP contribution in [-0.2, 0) is 13.1 Å². The number of amides is 1. The van der Waals surface area contributed by atoms with Gasteiger partial charge in [0.1, 0.15) is 0 Å². The second-order valence-electron chi connectivity index (χ2n) is 14.2. The monoisotopic (exact) mass is 944 g/mol. The molecule has 4 aromatic carbocycles. The summed E-state index contributed by atoms with van der Waals surface area (Å²) in [5, 5.41) is 11.9. The zero-order valence-corrected chi connectivity index (χ0v) is 36.2. The molecular formula is C42H54I2N6O3. The molecule has 53 heavy (non-hydrogen) atoms. The number of carbonyl (C=O) groups is 2. The fraction of sp³-hybridized carbons (Fsp3) is 0.381. The lowest BCUT2D eigenvalue weighted by molar-refractivity contribution is 0.0696. The van der Waals surface area contributed by atoms with Crippen molar-refractivity contribution in [3.8, 4) is 0 Å². The van der Waals surface area contributed by atoms with Crippen LogP contribution in [0.3, 0.4) is 0 Å². The Morgan fingerprint density at radius 1 is 0.623 bits per heavy atom. The Hall–Kier alpha value is -3.08. The van der Waals surface area contributed by atoms with Crippen molar-refractivity contribution >= 4 is 68.4 Å². The molecule has 0 bridgehead atoms. The van der Waals surface area contributed by atoms with Gasteiger partial charge in [-0.1, -0.05) is 24.3 Å². The number of aryl methyl sites for hydroxylation is 4. The van der Waals surface area contributed by atoms with Crippen molar-refractivity contribution in [1.29, 1.82) is 0 Å². The van der Waals surface area contributed by atoms with E-state index < -0.39 is 5.97 Å². The fourth-order valence-corrected chi connectivity index (χ4v) is 7.05. The van der Waals surface area contributed by atoms with Gasteiger partial charge in [-0.25, -0.2) is 4.79 Å². The molecule has 0 unspecified atom stereocenters. The summed E-state index contributed by atoms with van der Waals surface area (Å²) in [7, 11) is 4.31. The van der Waals surface area contributed by atoms with Gasteiger partial charge in [0.25, 0.3) is 5.91 Å². The van der Waals surface area contributed by atoms with E-state index in [1.165, 1.54) is 31.4 Å². The molecule has 2 heterocycles. The Morgan fingerprint density at radius 2 is 1.08 bits per heavy atom. The van der Waals surface area contributed by atoms with Crippen LogP contribution in [0.25, 0.3) is 0 Å². The maximum absolute atomic E-state index is 12.6. The highest BCUT2D eigenvalue weighted by Gasteiger charge is 2.17. The van der Waals surface area contributed by atoms with Crippen LogP contribution < -0.4 is 11.1 Å². The molecule has 1 amide bonds. The number of likely N-dealkylation sites (N-methyl/N-ethyl adjacent to an activating group) is 2. The number of carboxylic acid groups (broad SMARTS) is 1. The number of benzene rings is 4. The maximum Gasteiger partial charge on any atom is 0.335 e. The molecular weight excluding hydrogens is 890 g/mol. The van der Waals surface area contributed by atoms with Crippen LogP contribution in [0.15, 0.2) is 72.8 Å². The number of rotatable bonds is 7. The lowest BCUT2D eigenvalue weighted by Gasteiger charge is -2.32. The number of piperazine rings is 2. The molecule has 284 valence electrons. The predicted octanol–water partition coefficient (Wildman–Crippen LogP) is 7.53. The first-order valence-corrected chi connectivity index (χ1v) is 20.2. The number of nitrogen functional groups attached to an aromatic ring is 1. The van der Waals surface area contributed by atoms with Crippen molar-refractivity contribution in [1.82, 2.24) is 19.6 Å². The molecule has 0 radical (unpaired) electrons. The number of nitrogens with zero attached hydrogens (tertiary/aromatic N) is 4. The molecule has 2 saturated heterocycles. The van der Waals surface area contributed by atoms with E-state index >= 15 is 0 Å². The predicted molar refractivity (Wildman–Crippen MR) is 235 cm³/mol. The Balaban J connectivity index is 0.000000200. The van der Waals surface area contributed by atoms with Gasteiger partial charge in [0.2, 0.25) is 0 Å². The Kier molecular flexibility index (Phi) is 16.5. The van der Waals surface area contributed by atoms with Crippen LogP contribution in [0.2, 0.25) is 0 Å². The molecule has 0 atom stereocenters. The van der Waals surface area contributed by atoms with E-state index in [0.29, 0.717) is 11.1 Å². The summed E-state index contributed by atoms with van der Waals surface area (Å²) in [6, 6.07) is 23.3. The van der Waals surface area contributed by atoms with E-state index in [-0.39, 0.29) is 5.91 Å². The van der Waals surface area contributed by atoms with Crippen molar-refractivity contribution in [2.45, 2.75) is 40.8 Å². The number of halogens is 2. The van der Waals surface area contributed by atoms with Crippen molar-refractivity contribution in [3.05, 3.63) is 124 Å². The summed E-state index contributed by atoms with van der Waals surface area (Å²) in [5.41, 5.74) is 15.5. The Labute approximate surface area is 343 Å². The molecule has 6 rings (SSSR count).